The first kappa shape index (κ1) is 20.7. The Morgan fingerprint density at radius 1 is 1.06 bits per heavy atom. The molecule has 2 aliphatic rings. The second-order valence-electron chi connectivity index (χ2n) is 7.53. The van der Waals surface area contributed by atoms with Crippen LogP contribution in [0.1, 0.15) is 21.5 Å². The summed E-state index contributed by atoms with van der Waals surface area (Å²) in [6, 6.07) is 19.7. The van der Waals surface area contributed by atoms with Gasteiger partial charge in [-0.15, -0.1) is 0 Å². The van der Waals surface area contributed by atoms with Gasteiger partial charge in [0.15, 0.2) is 0 Å². The van der Waals surface area contributed by atoms with Gasteiger partial charge in [-0.1, -0.05) is 29.8 Å². The van der Waals surface area contributed by atoms with Crippen molar-refractivity contribution in [1.82, 2.24) is 4.72 Å². The van der Waals surface area contributed by atoms with Crippen LogP contribution in [-0.4, -0.2) is 33.1 Å². The SMILES string of the molecule is O=C(Nc1ccc(Cl)c(C2=Nc3ccccc3C2)c1)c1ccc(N2CCNS2(=O)=O)cc1. The lowest BCUT2D eigenvalue weighted by Gasteiger charge is -2.16. The van der Waals surface area contributed by atoms with Gasteiger partial charge in [-0.25, -0.2) is 0 Å². The number of carbonyl (C=O) groups excluding carboxylic acids is 1. The van der Waals surface area contributed by atoms with E-state index in [0.717, 1.165) is 22.5 Å². The standard InChI is InChI=1S/C23H19ClN4O3S/c24-20-10-7-17(14-19(20)22-13-16-3-1-2-4-21(16)27-22)26-23(29)15-5-8-18(9-6-15)28-12-11-25-32(28,30)31/h1-10,14,25H,11-13H2,(H,26,29). The zero-order chi connectivity index (χ0) is 22.3. The molecule has 9 heteroatoms. The number of nitrogens with one attached hydrogen (secondary N) is 2. The quantitative estimate of drug-likeness (QED) is 0.610. The number of anilines is 2. The Bertz CT molecular complexity index is 1350. The molecule has 2 N–H and O–H groups in total. The average Bonchev–Trinajstić information content (AvgIpc) is 3.37. The van der Waals surface area contributed by atoms with E-state index < -0.39 is 10.2 Å². The number of carbonyl (C=O) groups is 1. The average molecular weight is 467 g/mol. The molecule has 0 unspecified atom stereocenters. The molecule has 2 heterocycles. The maximum atomic E-state index is 12.8. The molecule has 162 valence electrons. The van der Waals surface area contributed by atoms with Gasteiger partial charge in [0.05, 0.1) is 17.1 Å². The summed E-state index contributed by atoms with van der Waals surface area (Å²) in [7, 11) is -3.50. The van der Waals surface area contributed by atoms with E-state index in [1.165, 1.54) is 4.31 Å². The highest BCUT2D eigenvalue weighted by molar-refractivity contribution is 7.91. The smallest absolute Gasteiger partial charge is 0.301 e. The molecule has 32 heavy (non-hydrogen) atoms. The minimum absolute atomic E-state index is 0.302. The maximum Gasteiger partial charge on any atom is 0.301 e. The molecule has 0 bridgehead atoms. The number of fused-ring (bicyclic) bond motifs is 1. The van der Waals surface area contributed by atoms with Gasteiger partial charge in [-0.05, 0) is 54.1 Å². The molecule has 3 aromatic carbocycles. The predicted molar refractivity (Wildman–Crippen MR) is 126 cm³/mol. The lowest BCUT2D eigenvalue weighted by Crippen LogP contribution is -2.29. The predicted octanol–water partition coefficient (Wildman–Crippen LogP) is 3.92. The number of aliphatic imine (C=N–C) groups is 1. The first-order valence-corrected chi connectivity index (χ1v) is 11.9. The second kappa shape index (κ2) is 8.05. The fraction of sp³-hybridized carbons (Fsp3) is 0.130. The van der Waals surface area contributed by atoms with Crippen LogP contribution in [-0.2, 0) is 16.6 Å². The normalized spacial score (nSPS) is 16.5. The van der Waals surface area contributed by atoms with Gasteiger partial charge in [0.1, 0.15) is 0 Å². The number of halogens is 1. The van der Waals surface area contributed by atoms with Crippen molar-refractivity contribution >= 4 is 50.5 Å². The number of hydrogen-bond acceptors (Lipinski definition) is 4. The lowest BCUT2D eigenvalue weighted by atomic mass is 10.0. The summed E-state index contributed by atoms with van der Waals surface area (Å²) >= 11 is 6.42. The van der Waals surface area contributed by atoms with Crippen molar-refractivity contribution < 1.29 is 13.2 Å². The van der Waals surface area contributed by atoms with Crippen molar-refractivity contribution in [3.63, 3.8) is 0 Å². The topological polar surface area (TPSA) is 90.9 Å². The zero-order valence-electron chi connectivity index (χ0n) is 16.9. The highest BCUT2D eigenvalue weighted by atomic mass is 35.5. The number of hydrogen-bond donors (Lipinski definition) is 2. The van der Waals surface area contributed by atoms with E-state index in [4.69, 9.17) is 11.6 Å². The van der Waals surface area contributed by atoms with E-state index in [1.54, 1.807) is 36.4 Å². The van der Waals surface area contributed by atoms with Crippen LogP contribution in [0.4, 0.5) is 17.1 Å². The highest BCUT2D eigenvalue weighted by Crippen LogP contribution is 2.32. The summed E-state index contributed by atoms with van der Waals surface area (Å²) in [4.78, 5) is 17.4. The number of amides is 1. The number of rotatable bonds is 4. The minimum atomic E-state index is -3.50. The van der Waals surface area contributed by atoms with Gasteiger partial charge in [-0.3, -0.25) is 14.1 Å². The fourth-order valence-electron chi connectivity index (χ4n) is 3.84. The second-order valence-corrected chi connectivity index (χ2v) is 9.62. The summed E-state index contributed by atoms with van der Waals surface area (Å²) in [5, 5.41) is 3.45. The first-order valence-electron chi connectivity index (χ1n) is 10.0. The molecular formula is C23H19ClN4O3S. The molecule has 0 radical (unpaired) electrons. The first-order chi connectivity index (χ1) is 15.4. The number of para-hydroxylation sites is 1. The summed E-state index contributed by atoms with van der Waals surface area (Å²) in [5.41, 5.74) is 5.24. The van der Waals surface area contributed by atoms with Gasteiger partial charge in [0, 0.05) is 41.3 Å². The van der Waals surface area contributed by atoms with Crippen LogP contribution in [0.2, 0.25) is 5.02 Å². The Kier molecular flexibility index (Phi) is 5.21. The highest BCUT2D eigenvalue weighted by Gasteiger charge is 2.27. The number of nitrogens with zero attached hydrogens (tertiary/aromatic N) is 2. The van der Waals surface area contributed by atoms with Crippen LogP contribution in [0.5, 0.6) is 0 Å². The number of benzene rings is 3. The van der Waals surface area contributed by atoms with E-state index in [2.05, 4.69) is 15.0 Å². The molecule has 0 spiro atoms. The molecule has 0 aromatic heterocycles. The van der Waals surface area contributed by atoms with E-state index >= 15 is 0 Å². The molecule has 5 rings (SSSR count). The van der Waals surface area contributed by atoms with Gasteiger partial charge < -0.3 is 5.32 Å². The molecule has 0 atom stereocenters. The van der Waals surface area contributed by atoms with Crippen molar-refractivity contribution in [2.45, 2.75) is 6.42 Å². The van der Waals surface area contributed by atoms with E-state index in [0.29, 0.717) is 41.5 Å². The van der Waals surface area contributed by atoms with Crippen LogP contribution in [0, 0.1) is 0 Å². The molecule has 2 aliphatic heterocycles. The molecule has 1 amide bonds. The van der Waals surface area contributed by atoms with Gasteiger partial charge in [0.2, 0.25) is 0 Å². The van der Waals surface area contributed by atoms with Crippen LogP contribution < -0.4 is 14.3 Å². The molecule has 1 saturated heterocycles. The summed E-state index contributed by atoms with van der Waals surface area (Å²) in [5.74, 6) is -0.302. The van der Waals surface area contributed by atoms with Crippen LogP contribution in [0.3, 0.4) is 0 Å². The summed E-state index contributed by atoms with van der Waals surface area (Å²) in [6.07, 6.45) is 0.684. The van der Waals surface area contributed by atoms with E-state index in [1.807, 2.05) is 30.3 Å². The van der Waals surface area contributed by atoms with E-state index in [9.17, 15) is 13.2 Å². The Morgan fingerprint density at radius 3 is 2.56 bits per heavy atom. The van der Waals surface area contributed by atoms with Crippen molar-refractivity contribution in [3.05, 3.63) is 88.4 Å². The Balaban J connectivity index is 1.34. The molecule has 0 saturated carbocycles. The van der Waals surface area contributed by atoms with Crippen LogP contribution >= 0.6 is 11.6 Å². The third-order valence-corrected chi connectivity index (χ3v) is 7.32. The van der Waals surface area contributed by atoms with Gasteiger partial charge in [0.25, 0.3) is 5.91 Å². The molecule has 1 fully saturated rings. The van der Waals surface area contributed by atoms with Crippen molar-refractivity contribution in [1.29, 1.82) is 0 Å². The van der Waals surface area contributed by atoms with Crippen molar-refractivity contribution in [2.24, 2.45) is 4.99 Å². The van der Waals surface area contributed by atoms with Gasteiger partial charge in [-0.2, -0.15) is 13.1 Å². The van der Waals surface area contributed by atoms with Crippen LogP contribution in [0.25, 0.3) is 0 Å². The third kappa shape index (κ3) is 3.88. The Hall–Kier alpha value is -3.20. The van der Waals surface area contributed by atoms with Crippen molar-refractivity contribution in [3.8, 4) is 0 Å². The monoisotopic (exact) mass is 466 g/mol. The maximum absolute atomic E-state index is 12.8. The van der Waals surface area contributed by atoms with Crippen LogP contribution in [0.15, 0.2) is 71.7 Å². The molecular weight excluding hydrogens is 448 g/mol. The van der Waals surface area contributed by atoms with Gasteiger partial charge >= 0.3 is 10.2 Å². The van der Waals surface area contributed by atoms with Crippen molar-refractivity contribution in [2.75, 3.05) is 22.7 Å². The largest absolute Gasteiger partial charge is 0.322 e. The molecule has 7 nitrogen and oxygen atoms in total. The summed E-state index contributed by atoms with van der Waals surface area (Å²) < 4.78 is 27.7. The minimum Gasteiger partial charge on any atom is -0.322 e. The fourth-order valence-corrected chi connectivity index (χ4v) is 5.30. The zero-order valence-corrected chi connectivity index (χ0v) is 18.4. The summed E-state index contributed by atoms with van der Waals surface area (Å²) in [6.45, 7) is 0.717. The molecule has 3 aromatic rings. The molecule has 0 aliphatic carbocycles. The third-order valence-electron chi connectivity index (χ3n) is 5.45. The lowest BCUT2D eigenvalue weighted by molar-refractivity contribution is 0.102. The van der Waals surface area contributed by atoms with E-state index in [-0.39, 0.29) is 5.91 Å². The Labute approximate surface area is 190 Å². The Morgan fingerprint density at radius 2 is 1.84 bits per heavy atom.